The normalized spacial score (nSPS) is 10.9. The van der Waals surface area contributed by atoms with Crippen molar-refractivity contribution in [2.24, 2.45) is 0 Å². The second-order valence-corrected chi connectivity index (χ2v) is 7.09. The molecule has 1 amide bonds. The molecule has 0 aliphatic rings. The Morgan fingerprint density at radius 1 is 1.30 bits per heavy atom. The van der Waals surface area contributed by atoms with Gasteiger partial charge in [0.05, 0.1) is 10.3 Å². The number of carbonyl (C=O) groups is 1. The van der Waals surface area contributed by atoms with Gasteiger partial charge in [-0.25, -0.2) is 0 Å². The first-order valence-corrected chi connectivity index (χ1v) is 7.75. The largest absolute Gasteiger partial charge is 0.451 e. The minimum Gasteiger partial charge on any atom is -0.451 e. The van der Waals surface area contributed by atoms with Gasteiger partial charge in [-0.2, -0.15) is 0 Å². The molecule has 2 heterocycles. The Kier molecular flexibility index (Phi) is 3.63. The maximum absolute atomic E-state index is 12.1. The predicted octanol–water partition coefficient (Wildman–Crippen LogP) is 4.50. The molecule has 1 aromatic carbocycles. The molecule has 102 valence electrons. The molecule has 0 unspecified atom stereocenters. The SMILES string of the molecule is Cc1ccc2oc(C(=O)NCc3ccc(Br)s3)cc2c1. The predicted molar refractivity (Wildman–Crippen MR) is 84.1 cm³/mol. The van der Waals surface area contributed by atoms with E-state index in [2.05, 4.69) is 21.2 Å². The highest BCUT2D eigenvalue weighted by atomic mass is 79.9. The lowest BCUT2D eigenvalue weighted by molar-refractivity contribution is 0.0926. The zero-order valence-corrected chi connectivity index (χ0v) is 13.2. The van der Waals surface area contributed by atoms with Crippen LogP contribution in [-0.4, -0.2) is 5.91 Å². The Balaban J connectivity index is 1.75. The quantitative estimate of drug-likeness (QED) is 0.756. The molecule has 0 saturated heterocycles. The highest BCUT2D eigenvalue weighted by molar-refractivity contribution is 9.11. The lowest BCUT2D eigenvalue weighted by atomic mass is 10.2. The molecule has 0 aliphatic carbocycles. The van der Waals surface area contributed by atoms with Crippen LogP contribution in [0.15, 0.2) is 44.6 Å². The van der Waals surface area contributed by atoms with Gasteiger partial charge in [0.2, 0.25) is 0 Å². The van der Waals surface area contributed by atoms with Gasteiger partial charge in [-0.3, -0.25) is 4.79 Å². The van der Waals surface area contributed by atoms with Gasteiger partial charge in [0.1, 0.15) is 5.58 Å². The smallest absolute Gasteiger partial charge is 0.287 e. The Hall–Kier alpha value is -1.59. The first-order chi connectivity index (χ1) is 9.61. The number of amides is 1. The van der Waals surface area contributed by atoms with Crippen LogP contribution in [0.4, 0.5) is 0 Å². The summed E-state index contributed by atoms with van der Waals surface area (Å²) < 4.78 is 6.62. The molecule has 20 heavy (non-hydrogen) atoms. The number of furan rings is 1. The average Bonchev–Trinajstić information content (AvgIpc) is 3.01. The van der Waals surface area contributed by atoms with Gasteiger partial charge in [0, 0.05) is 10.3 Å². The molecule has 0 radical (unpaired) electrons. The zero-order chi connectivity index (χ0) is 14.1. The van der Waals surface area contributed by atoms with Crippen LogP contribution in [0.5, 0.6) is 0 Å². The Bertz CT molecular complexity index is 775. The molecule has 5 heteroatoms. The summed E-state index contributed by atoms with van der Waals surface area (Å²) in [6.45, 7) is 2.52. The number of aryl methyl sites for hydroxylation is 1. The number of rotatable bonds is 3. The van der Waals surface area contributed by atoms with Crippen molar-refractivity contribution in [1.29, 1.82) is 0 Å². The summed E-state index contributed by atoms with van der Waals surface area (Å²) >= 11 is 5.00. The number of nitrogens with one attached hydrogen (secondary N) is 1. The second kappa shape index (κ2) is 5.42. The summed E-state index contributed by atoms with van der Waals surface area (Å²) in [6.07, 6.45) is 0. The van der Waals surface area contributed by atoms with E-state index in [1.54, 1.807) is 17.4 Å². The molecular weight excluding hydrogens is 338 g/mol. The summed E-state index contributed by atoms with van der Waals surface area (Å²) in [6, 6.07) is 11.6. The third-order valence-corrected chi connectivity index (χ3v) is 4.57. The van der Waals surface area contributed by atoms with Crippen molar-refractivity contribution in [3.8, 4) is 0 Å². The molecule has 3 nitrogen and oxygen atoms in total. The number of hydrogen-bond acceptors (Lipinski definition) is 3. The van der Waals surface area contributed by atoms with E-state index in [4.69, 9.17) is 4.42 Å². The third-order valence-electron chi connectivity index (χ3n) is 2.95. The van der Waals surface area contributed by atoms with Gasteiger partial charge in [0.15, 0.2) is 5.76 Å². The van der Waals surface area contributed by atoms with Crippen LogP contribution in [0.25, 0.3) is 11.0 Å². The number of fused-ring (bicyclic) bond motifs is 1. The number of halogens is 1. The van der Waals surface area contributed by atoms with E-state index in [1.165, 1.54) is 0 Å². The number of benzene rings is 1. The minimum absolute atomic E-state index is 0.191. The third kappa shape index (κ3) is 2.78. The second-order valence-electron chi connectivity index (χ2n) is 4.54. The van der Waals surface area contributed by atoms with Crippen LogP contribution in [0, 0.1) is 6.92 Å². The Labute approximate surface area is 128 Å². The lowest BCUT2D eigenvalue weighted by Crippen LogP contribution is -2.21. The molecule has 3 aromatic rings. The first-order valence-electron chi connectivity index (χ1n) is 6.14. The van der Waals surface area contributed by atoms with E-state index in [-0.39, 0.29) is 5.91 Å². The first kappa shape index (κ1) is 13.4. The van der Waals surface area contributed by atoms with E-state index in [9.17, 15) is 4.79 Å². The molecule has 1 N–H and O–H groups in total. The lowest BCUT2D eigenvalue weighted by Gasteiger charge is -1.99. The fraction of sp³-hybridized carbons (Fsp3) is 0.133. The van der Waals surface area contributed by atoms with Gasteiger partial charge in [-0.1, -0.05) is 11.6 Å². The van der Waals surface area contributed by atoms with Crippen molar-refractivity contribution in [3.05, 3.63) is 56.4 Å². The molecule has 2 aromatic heterocycles. The van der Waals surface area contributed by atoms with E-state index in [0.717, 1.165) is 25.2 Å². The number of hydrogen-bond donors (Lipinski definition) is 1. The molecular formula is C15H12BrNO2S. The van der Waals surface area contributed by atoms with Crippen molar-refractivity contribution < 1.29 is 9.21 Å². The van der Waals surface area contributed by atoms with E-state index < -0.39 is 0 Å². The van der Waals surface area contributed by atoms with Crippen molar-refractivity contribution in [1.82, 2.24) is 5.32 Å². The van der Waals surface area contributed by atoms with Crippen LogP contribution in [0.3, 0.4) is 0 Å². The van der Waals surface area contributed by atoms with Gasteiger partial charge >= 0.3 is 0 Å². The monoisotopic (exact) mass is 349 g/mol. The summed E-state index contributed by atoms with van der Waals surface area (Å²) in [5.41, 5.74) is 1.88. The highest BCUT2D eigenvalue weighted by Crippen LogP contribution is 2.23. The molecule has 0 aliphatic heterocycles. The van der Waals surface area contributed by atoms with Gasteiger partial charge in [-0.15, -0.1) is 11.3 Å². The summed E-state index contributed by atoms with van der Waals surface area (Å²) in [4.78, 5) is 13.2. The van der Waals surface area contributed by atoms with Crippen LogP contribution in [0.2, 0.25) is 0 Å². The zero-order valence-electron chi connectivity index (χ0n) is 10.8. The molecule has 0 saturated carbocycles. The van der Waals surface area contributed by atoms with Crippen LogP contribution in [-0.2, 0) is 6.54 Å². The minimum atomic E-state index is -0.191. The standard InChI is InChI=1S/C15H12BrNO2S/c1-9-2-4-12-10(6-9)7-13(19-12)15(18)17-8-11-3-5-14(16)20-11/h2-7H,8H2,1H3,(H,17,18). The van der Waals surface area contributed by atoms with Crippen LogP contribution >= 0.6 is 27.3 Å². The fourth-order valence-corrected chi connectivity index (χ4v) is 3.40. The van der Waals surface area contributed by atoms with Gasteiger partial charge in [0.25, 0.3) is 5.91 Å². The van der Waals surface area contributed by atoms with Crippen LogP contribution < -0.4 is 5.32 Å². The molecule has 0 bridgehead atoms. The number of thiophene rings is 1. The Morgan fingerprint density at radius 2 is 2.15 bits per heavy atom. The molecule has 3 rings (SSSR count). The van der Waals surface area contributed by atoms with Crippen molar-refractivity contribution >= 4 is 44.1 Å². The van der Waals surface area contributed by atoms with Crippen molar-refractivity contribution in [2.75, 3.05) is 0 Å². The van der Waals surface area contributed by atoms with E-state index in [1.807, 2.05) is 37.3 Å². The number of carbonyl (C=O) groups excluding carboxylic acids is 1. The summed E-state index contributed by atoms with van der Waals surface area (Å²) in [5, 5.41) is 3.81. The highest BCUT2D eigenvalue weighted by Gasteiger charge is 2.12. The average molecular weight is 350 g/mol. The van der Waals surface area contributed by atoms with E-state index >= 15 is 0 Å². The van der Waals surface area contributed by atoms with Crippen molar-refractivity contribution in [2.45, 2.75) is 13.5 Å². The summed E-state index contributed by atoms with van der Waals surface area (Å²) in [5.74, 6) is 0.157. The van der Waals surface area contributed by atoms with Crippen LogP contribution in [0.1, 0.15) is 21.0 Å². The molecule has 0 atom stereocenters. The topological polar surface area (TPSA) is 42.2 Å². The fourth-order valence-electron chi connectivity index (χ4n) is 1.98. The maximum atomic E-state index is 12.1. The molecule has 0 fully saturated rings. The summed E-state index contributed by atoms with van der Waals surface area (Å²) in [7, 11) is 0. The van der Waals surface area contributed by atoms with Gasteiger partial charge in [-0.05, 0) is 53.2 Å². The van der Waals surface area contributed by atoms with Crippen molar-refractivity contribution in [3.63, 3.8) is 0 Å². The Morgan fingerprint density at radius 3 is 2.90 bits per heavy atom. The van der Waals surface area contributed by atoms with Gasteiger partial charge < -0.3 is 9.73 Å². The van der Waals surface area contributed by atoms with E-state index in [0.29, 0.717) is 12.3 Å². The molecule has 0 spiro atoms. The maximum Gasteiger partial charge on any atom is 0.287 e.